The first-order chi connectivity index (χ1) is 9.70. The van der Waals surface area contributed by atoms with Crippen molar-refractivity contribution in [2.75, 3.05) is 0 Å². The molecule has 3 aromatic rings. The average molecular weight is 287 g/mol. The van der Waals surface area contributed by atoms with Crippen molar-refractivity contribution in [3.63, 3.8) is 0 Å². The van der Waals surface area contributed by atoms with Crippen molar-refractivity contribution in [2.45, 2.75) is 19.9 Å². The number of nitrogens with zero attached hydrogens (tertiary/aromatic N) is 3. The molecular formula is C14H13N3O2S. The predicted octanol–water partition coefficient (Wildman–Crippen LogP) is 2.80. The van der Waals surface area contributed by atoms with E-state index in [9.17, 15) is 9.90 Å². The largest absolute Gasteiger partial charge is 0.478 e. The van der Waals surface area contributed by atoms with Crippen LogP contribution in [0.15, 0.2) is 29.1 Å². The second-order valence-electron chi connectivity index (χ2n) is 4.43. The number of imidazole rings is 1. The lowest BCUT2D eigenvalue weighted by Crippen LogP contribution is -2.08. The standard InChI is InChI=1S/C14H13N3O2S/c1-2-12-16-11-5-3-4-10(14(18)19)13(11)17(12)6-9-7-20-8-15-9/h3-5,7-8H,2,6H2,1H3,(H,18,19). The number of carbonyl (C=O) groups is 1. The van der Waals surface area contributed by atoms with E-state index in [1.165, 1.54) is 11.3 Å². The van der Waals surface area contributed by atoms with E-state index in [-0.39, 0.29) is 5.56 Å². The lowest BCUT2D eigenvalue weighted by atomic mass is 10.2. The third-order valence-corrected chi connectivity index (χ3v) is 3.83. The average Bonchev–Trinajstić information content (AvgIpc) is 3.06. The van der Waals surface area contributed by atoms with Crippen LogP contribution in [0.5, 0.6) is 0 Å². The quantitative estimate of drug-likeness (QED) is 0.801. The van der Waals surface area contributed by atoms with Gasteiger partial charge in [-0.25, -0.2) is 14.8 Å². The van der Waals surface area contributed by atoms with Crippen molar-refractivity contribution in [3.05, 3.63) is 46.2 Å². The van der Waals surface area contributed by atoms with E-state index in [0.29, 0.717) is 12.1 Å². The maximum absolute atomic E-state index is 11.4. The molecule has 0 aliphatic rings. The molecule has 6 heteroatoms. The monoisotopic (exact) mass is 287 g/mol. The molecule has 0 unspecified atom stereocenters. The van der Waals surface area contributed by atoms with Crippen LogP contribution in [0.2, 0.25) is 0 Å². The molecule has 0 bridgehead atoms. The molecule has 1 N–H and O–H groups in total. The number of aryl methyl sites for hydroxylation is 1. The van der Waals surface area contributed by atoms with Crippen molar-refractivity contribution in [1.29, 1.82) is 0 Å². The number of benzene rings is 1. The topological polar surface area (TPSA) is 68.0 Å². The first kappa shape index (κ1) is 12.8. The molecule has 0 aliphatic heterocycles. The van der Waals surface area contributed by atoms with Gasteiger partial charge in [0, 0.05) is 11.8 Å². The van der Waals surface area contributed by atoms with Gasteiger partial charge in [0.05, 0.1) is 34.3 Å². The summed E-state index contributed by atoms with van der Waals surface area (Å²) >= 11 is 1.53. The highest BCUT2D eigenvalue weighted by molar-refractivity contribution is 7.07. The Balaban J connectivity index is 2.24. The zero-order valence-electron chi connectivity index (χ0n) is 10.9. The molecule has 2 aromatic heterocycles. The number of para-hydroxylation sites is 1. The Morgan fingerprint density at radius 3 is 2.95 bits per heavy atom. The van der Waals surface area contributed by atoms with Gasteiger partial charge in [-0.15, -0.1) is 11.3 Å². The second kappa shape index (κ2) is 5.05. The zero-order valence-corrected chi connectivity index (χ0v) is 11.7. The van der Waals surface area contributed by atoms with Crippen molar-refractivity contribution >= 4 is 28.3 Å². The molecule has 0 saturated carbocycles. The number of carboxylic acid groups (broad SMARTS) is 1. The number of hydrogen-bond acceptors (Lipinski definition) is 4. The fraction of sp³-hybridized carbons (Fsp3) is 0.214. The summed E-state index contributed by atoms with van der Waals surface area (Å²) < 4.78 is 1.95. The van der Waals surface area contributed by atoms with Crippen LogP contribution in [-0.4, -0.2) is 25.6 Å². The minimum absolute atomic E-state index is 0.282. The highest BCUT2D eigenvalue weighted by atomic mass is 32.1. The molecule has 0 saturated heterocycles. The van der Waals surface area contributed by atoms with Gasteiger partial charge in [-0.1, -0.05) is 13.0 Å². The van der Waals surface area contributed by atoms with E-state index in [4.69, 9.17) is 0 Å². The minimum Gasteiger partial charge on any atom is -0.478 e. The van der Waals surface area contributed by atoms with Gasteiger partial charge in [-0.3, -0.25) is 0 Å². The van der Waals surface area contributed by atoms with Crippen LogP contribution >= 0.6 is 11.3 Å². The lowest BCUT2D eigenvalue weighted by molar-refractivity contribution is 0.0698. The minimum atomic E-state index is -0.933. The smallest absolute Gasteiger partial charge is 0.337 e. The molecule has 0 spiro atoms. The van der Waals surface area contributed by atoms with Crippen molar-refractivity contribution < 1.29 is 9.90 Å². The Bertz CT molecular complexity index is 762. The Morgan fingerprint density at radius 1 is 1.45 bits per heavy atom. The molecule has 5 nitrogen and oxygen atoms in total. The van der Waals surface area contributed by atoms with Crippen molar-refractivity contribution in [1.82, 2.24) is 14.5 Å². The Kier molecular flexibility index (Phi) is 3.23. The van der Waals surface area contributed by atoms with E-state index < -0.39 is 5.97 Å². The van der Waals surface area contributed by atoms with Gasteiger partial charge < -0.3 is 9.67 Å². The van der Waals surface area contributed by atoms with E-state index in [1.807, 2.05) is 22.9 Å². The van der Waals surface area contributed by atoms with Crippen molar-refractivity contribution in [2.24, 2.45) is 0 Å². The zero-order chi connectivity index (χ0) is 14.1. The molecule has 2 heterocycles. The summed E-state index contributed by atoms with van der Waals surface area (Å²) in [6.07, 6.45) is 0.748. The molecule has 1 aromatic carbocycles. The number of hydrogen-bond donors (Lipinski definition) is 1. The molecule has 0 radical (unpaired) electrons. The van der Waals surface area contributed by atoms with Gasteiger partial charge >= 0.3 is 5.97 Å². The highest BCUT2D eigenvalue weighted by Crippen LogP contribution is 2.22. The molecule has 0 atom stereocenters. The van der Waals surface area contributed by atoms with Gasteiger partial charge in [-0.2, -0.15) is 0 Å². The van der Waals surface area contributed by atoms with Gasteiger partial charge in [0.25, 0.3) is 0 Å². The van der Waals surface area contributed by atoms with E-state index in [0.717, 1.165) is 23.5 Å². The SMILES string of the molecule is CCc1nc2cccc(C(=O)O)c2n1Cc1cscn1. The highest BCUT2D eigenvalue weighted by Gasteiger charge is 2.17. The molecule has 0 fully saturated rings. The molecule has 0 amide bonds. The number of fused-ring (bicyclic) bond motifs is 1. The fourth-order valence-corrected chi connectivity index (χ4v) is 2.87. The number of rotatable bonds is 4. The van der Waals surface area contributed by atoms with Crippen molar-refractivity contribution in [3.8, 4) is 0 Å². The normalized spacial score (nSPS) is 11.1. The third kappa shape index (κ3) is 2.08. The van der Waals surface area contributed by atoms with Crippen LogP contribution in [0.1, 0.15) is 28.8 Å². The molecule has 102 valence electrons. The first-order valence-electron chi connectivity index (χ1n) is 6.29. The molecule has 20 heavy (non-hydrogen) atoms. The summed E-state index contributed by atoms with van der Waals surface area (Å²) in [4.78, 5) is 20.2. The number of aromatic carboxylic acids is 1. The Hall–Kier alpha value is -2.21. The van der Waals surface area contributed by atoms with Crippen LogP contribution in [-0.2, 0) is 13.0 Å². The number of aromatic nitrogens is 3. The second-order valence-corrected chi connectivity index (χ2v) is 5.14. The fourth-order valence-electron chi connectivity index (χ4n) is 2.32. The number of carboxylic acids is 1. The summed E-state index contributed by atoms with van der Waals surface area (Å²) in [7, 11) is 0. The summed E-state index contributed by atoms with van der Waals surface area (Å²) in [5, 5.41) is 11.3. The van der Waals surface area contributed by atoms with Gasteiger partial charge in [0.15, 0.2) is 0 Å². The molecule has 3 rings (SSSR count). The van der Waals surface area contributed by atoms with Gasteiger partial charge in [0.1, 0.15) is 5.82 Å². The Labute approximate surface area is 119 Å². The van der Waals surface area contributed by atoms with Crippen LogP contribution in [0.3, 0.4) is 0 Å². The van der Waals surface area contributed by atoms with Gasteiger partial charge in [-0.05, 0) is 12.1 Å². The van der Waals surface area contributed by atoms with Crippen LogP contribution in [0, 0.1) is 0 Å². The summed E-state index contributed by atoms with van der Waals surface area (Å²) in [5.41, 5.74) is 4.37. The molecular weight excluding hydrogens is 274 g/mol. The first-order valence-corrected chi connectivity index (χ1v) is 7.23. The lowest BCUT2D eigenvalue weighted by Gasteiger charge is -2.07. The van der Waals surface area contributed by atoms with Crippen LogP contribution < -0.4 is 0 Å². The summed E-state index contributed by atoms with van der Waals surface area (Å²) in [5.74, 6) is -0.0561. The van der Waals surface area contributed by atoms with E-state index >= 15 is 0 Å². The maximum Gasteiger partial charge on any atom is 0.337 e. The predicted molar refractivity (Wildman–Crippen MR) is 77.3 cm³/mol. The number of thiazole rings is 1. The summed E-state index contributed by atoms with van der Waals surface area (Å²) in [6, 6.07) is 5.19. The third-order valence-electron chi connectivity index (χ3n) is 3.20. The van der Waals surface area contributed by atoms with E-state index in [1.54, 1.807) is 17.6 Å². The summed E-state index contributed by atoms with van der Waals surface area (Å²) in [6.45, 7) is 2.56. The maximum atomic E-state index is 11.4. The Morgan fingerprint density at radius 2 is 2.30 bits per heavy atom. The molecule has 0 aliphatic carbocycles. The van der Waals surface area contributed by atoms with Crippen LogP contribution in [0.25, 0.3) is 11.0 Å². The van der Waals surface area contributed by atoms with Gasteiger partial charge in [0.2, 0.25) is 0 Å². The van der Waals surface area contributed by atoms with E-state index in [2.05, 4.69) is 9.97 Å². The van der Waals surface area contributed by atoms with Crippen LogP contribution in [0.4, 0.5) is 0 Å².